The van der Waals surface area contributed by atoms with Crippen molar-refractivity contribution in [1.29, 1.82) is 5.26 Å². The Labute approximate surface area is 151 Å². The van der Waals surface area contributed by atoms with Crippen LogP contribution in [0.1, 0.15) is 18.1 Å². The molecule has 1 N–H and O–H groups in total. The van der Waals surface area contributed by atoms with Gasteiger partial charge in [0.25, 0.3) is 5.91 Å². The zero-order valence-electron chi connectivity index (χ0n) is 14.4. The van der Waals surface area contributed by atoms with E-state index in [2.05, 4.69) is 5.32 Å². The van der Waals surface area contributed by atoms with E-state index >= 15 is 0 Å². The summed E-state index contributed by atoms with van der Waals surface area (Å²) < 4.78 is 10.3. The molecule has 0 bridgehead atoms. The highest BCUT2D eigenvalue weighted by molar-refractivity contribution is 5.96. The van der Waals surface area contributed by atoms with Crippen molar-refractivity contribution in [3.8, 4) is 11.8 Å². The van der Waals surface area contributed by atoms with Gasteiger partial charge in [-0.2, -0.15) is 5.26 Å². The number of hydrogen-bond donors (Lipinski definition) is 1. The van der Waals surface area contributed by atoms with Crippen molar-refractivity contribution in [1.82, 2.24) is 0 Å². The summed E-state index contributed by atoms with van der Waals surface area (Å²) in [5.74, 6) is -0.477. The highest BCUT2D eigenvalue weighted by Crippen LogP contribution is 2.18. The molecule has 2 rings (SSSR count). The van der Waals surface area contributed by atoms with Gasteiger partial charge in [0, 0.05) is 17.3 Å². The first-order valence-corrected chi connectivity index (χ1v) is 7.86. The molecule has 1 amide bonds. The predicted molar refractivity (Wildman–Crippen MR) is 97.4 cm³/mol. The van der Waals surface area contributed by atoms with Gasteiger partial charge in [0.1, 0.15) is 5.75 Å². The van der Waals surface area contributed by atoms with E-state index in [1.807, 2.05) is 18.2 Å². The molecule has 0 heterocycles. The molecule has 0 aliphatic rings. The van der Waals surface area contributed by atoms with Gasteiger partial charge in [-0.1, -0.05) is 18.2 Å². The molecule has 0 aliphatic carbocycles. The molecular formula is C20H18N2O4. The number of methoxy groups -OCH3 is 1. The van der Waals surface area contributed by atoms with E-state index < -0.39 is 18.0 Å². The molecule has 0 unspecified atom stereocenters. The molecule has 6 heteroatoms. The molecule has 2 aromatic rings. The third-order valence-corrected chi connectivity index (χ3v) is 3.48. The molecule has 1 atom stereocenters. The average Bonchev–Trinajstić information content (AvgIpc) is 2.67. The number of carbonyl (C=O) groups is 2. The van der Waals surface area contributed by atoms with Crippen molar-refractivity contribution < 1.29 is 19.1 Å². The Morgan fingerprint density at radius 3 is 2.50 bits per heavy atom. The summed E-state index contributed by atoms with van der Waals surface area (Å²) >= 11 is 0. The number of hydrogen-bond acceptors (Lipinski definition) is 5. The number of nitrogens with zero attached hydrogens (tertiary/aromatic N) is 1. The quantitative estimate of drug-likeness (QED) is 0.639. The number of ether oxygens (including phenoxy) is 2. The molecule has 0 saturated carbocycles. The van der Waals surface area contributed by atoms with Crippen LogP contribution in [0.5, 0.6) is 5.75 Å². The molecule has 26 heavy (non-hydrogen) atoms. The van der Waals surface area contributed by atoms with Crippen LogP contribution in [0, 0.1) is 11.3 Å². The van der Waals surface area contributed by atoms with E-state index in [0.29, 0.717) is 17.0 Å². The lowest BCUT2D eigenvalue weighted by Crippen LogP contribution is -2.29. The van der Waals surface area contributed by atoms with Gasteiger partial charge in [-0.3, -0.25) is 4.79 Å². The second-order valence-corrected chi connectivity index (χ2v) is 5.33. The Morgan fingerprint density at radius 2 is 1.85 bits per heavy atom. The van der Waals surface area contributed by atoms with E-state index in [-0.39, 0.29) is 0 Å². The number of carbonyl (C=O) groups excluding carboxylic acids is 2. The van der Waals surface area contributed by atoms with E-state index in [1.165, 1.54) is 13.0 Å². The third kappa shape index (κ3) is 5.21. The summed E-state index contributed by atoms with van der Waals surface area (Å²) in [6.45, 7) is 1.48. The van der Waals surface area contributed by atoms with Gasteiger partial charge in [-0.15, -0.1) is 0 Å². The maximum absolute atomic E-state index is 12.1. The van der Waals surface area contributed by atoms with Crippen molar-refractivity contribution in [3.63, 3.8) is 0 Å². The number of nitriles is 1. The van der Waals surface area contributed by atoms with Crippen molar-refractivity contribution in [2.75, 3.05) is 12.4 Å². The largest absolute Gasteiger partial charge is 0.496 e. The van der Waals surface area contributed by atoms with Crippen LogP contribution in [0.4, 0.5) is 5.69 Å². The summed E-state index contributed by atoms with van der Waals surface area (Å²) in [6, 6.07) is 15.6. The Balaban J connectivity index is 1.92. The average molecular weight is 350 g/mol. The van der Waals surface area contributed by atoms with Crippen LogP contribution >= 0.6 is 0 Å². The zero-order chi connectivity index (χ0) is 18.9. The van der Waals surface area contributed by atoms with Crippen LogP contribution < -0.4 is 10.1 Å². The Bertz CT molecular complexity index is 851. The Hall–Kier alpha value is -3.59. The second-order valence-electron chi connectivity index (χ2n) is 5.33. The topological polar surface area (TPSA) is 88.4 Å². The lowest BCUT2D eigenvalue weighted by Gasteiger charge is -2.12. The molecule has 132 valence electrons. The molecule has 0 fully saturated rings. The molecular weight excluding hydrogens is 332 g/mol. The minimum Gasteiger partial charge on any atom is -0.496 e. The molecule has 2 aromatic carbocycles. The van der Waals surface area contributed by atoms with Crippen LogP contribution in [0.3, 0.4) is 0 Å². The Kier molecular flexibility index (Phi) is 6.52. The van der Waals surface area contributed by atoms with E-state index in [1.54, 1.807) is 49.6 Å². The number of esters is 1. The lowest BCUT2D eigenvalue weighted by atomic mass is 10.2. The fraction of sp³-hybridized carbons (Fsp3) is 0.150. The van der Waals surface area contributed by atoms with Gasteiger partial charge in [0.05, 0.1) is 18.7 Å². The minimum atomic E-state index is -0.972. The minimum absolute atomic E-state index is 0.464. The van der Waals surface area contributed by atoms with Gasteiger partial charge < -0.3 is 14.8 Å². The van der Waals surface area contributed by atoms with Gasteiger partial charge in [0.15, 0.2) is 6.10 Å². The van der Waals surface area contributed by atoms with E-state index in [4.69, 9.17) is 14.7 Å². The third-order valence-electron chi connectivity index (χ3n) is 3.48. The number of rotatable bonds is 6. The van der Waals surface area contributed by atoms with E-state index in [0.717, 1.165) is 5.56 Å². The van der Waals surface area contributed by atoms with Crippen LogP contribution in [-0.2, 0) is 14.3 Å². The number of amides is 1. The highest BCUT2D eigenvalue weighted by atomic mass is 16.5. The molecule has 0 aromatic heterocycles. The SMILES string of the molecule is COc1ccccc1/C=C/C(=O)O[C@@H](C)C(=O)Nc1ccc(C#N)cc1. The second kappa shape index (κ2) is 9.04. The summed E-state index contributed by atoms with van der Waals surface area (Å²) in [5, 5.41) is 11.4. The number of nitrogens with one attached hydrogen (secondary N) is 1. The first-order valence-electron chi connectivity index (χ1n) is 7.86. The Morgan fingerprint density at radius 1 is 1.15 bits per heavy atom. The zero-order valence-corrected chi connectivity index (χ0v) is 14.4. The first kappa shape index (κ1) is 18.7. The highest BCUT2D eigenvalue weighted by Gasteiger charge is 2.16. The van der Waals surface area contributed by atoms with Crippen molar-refractivity contribution >= 4 is 23.6 Å². The van der Waals surface area contributed by atoms with Crippen LogP contribution in [0.15, 0.2) is 54.6 Å². The monoisotopic (exact) mass is 350 g/mol. The number of benzene rings is 2. The predicted octanol–water partition coefficient (Wildman–Crippen LogP) is 3.15. The van der Waals surface area contributed by atoms with Crippen molar-refractivity contribution in [2.24, 2.45) is 0 Å². The van der Waals surface area contributed by atoms with Crippen molar-refractivity contribution in [3.05, 3.63) is 65.7 Å². The van der Waals surface area contributed by atoms with E-state index in [9.17, 15) is 9.59 Å². The summed E-state index contributed by atoms with van der Waals surface area (Å²) in [6.07, 6.45) is 1.83. The summed E-state index contributed by atoms with van der Waals surface area (Å²) in [4.78, 5) is 24.0. The summed E-state index contributed by atoms with van der Waals surface area (Å²) in [5.41, 5.74) is 1.73. The molecule has 0 saturated heterocycles. The fourth-order valence-corrected chi connectivity index (χ4v) is 2.10. The fourth-order valence-electron chi connectivity index (χ4n) is 2.10. The molecule has 0 spiro atoms. The lowest BCUT2D eigenvalue weighted by molar-refractivity contribution is -0.148. The van der Waals surface area contributed by atoms with Crippen LogP contribution in [0.25, 0.3) is 6.08 Å². The molecule has 0 radical (unpaired) electrons. The standard InChI is InChI=1S/C20H18N2O4/c1-14(20(24)22-17-10-7-15(13-21)8-11-17)26-19(23)12-9-16-5-3-4-6-18(16)25-2/h3-12,14H,1-2H3,(H,22,24)/b12-9+/t14-/m0/s1. The first-order chi connectivity index (χ1) is 12.5. The van der Waals surface area contributed by atoms with Gasteiger partial charge in [0.2, 0.25) is 0 Å². The molecule has 6 nitrogen and oxygen atoms in total. The van der Waals surface area contributed by atoms with Gasteiger partial charge >= 0.3 is 5.97 Å². The number of para-hydroxylation sites is 1. The number of anilines is 1. The van der Waals surface area contributed by atoms with Gasteiger partial charge in [-0.25, -0.2) is 4.79 Å². The van der Waals surface area contributed by atoms with Gasteiger partial charge in [-0.05, 0) is 43.3 Å². The maximum atomic E-state index is 12.1. The summed E-state index contributed by atoms with van der Waals surface area (Å²) in [7, 11) is 1.54. The molecule has 0 aliphatic heterocycles. The van der Waals surface area contributed by atoms with Crippen LogP contribution in [0.2, 0.25) is 0 Å². The van der Waals surface area contributed by atoms with Crippen molar-refractivity contribution in [2.45, 2.75) is 13.0 Å². The smallest absolute Gasteiger partial charge is 0.331 e. The maximum Gasteiger partial charge on any atom is 0.331 e. The van der Waals surface area contributed by atoms with Crippen LogP contribution in [-0.4, -0.2) is 25.1 Å². The normalized spacial score (nSPS) is 11.4.